The number of nitro groups is 1. The van der Waals surface area contributed by atoms with Gasteiger partial charge in [-0.25, -0.2) is 0 Å². The van der Waals surface area contributed by atoms with Crippen LogP contribution < -0.4 is 5.32 Å². The summed E-state index contributed by atoms with van der Waals surface area (Å²) in [6.07, 6.45) is 0. The van der Waals surface area contributed by atoms with Crippen molar-refractivity contribution in [2.45, 2.75) is 18.9 Å². The Morgan fingerprint density at radius 3 is 2.61 bits per heavy atom. The van der Waals surface area contributed by atoms with Crippen LogP contribution in [0.1, 0.15) is 11.1 Å². The highest BCUT2D eigenvalue weighted by molar-refractivity contribution is 7.99. The monoisotopic (exact) mass is 394 g/mol. The molecule has 8 heteroatoms. The van der Waals surface area contributed by atoms with Gasteiger partial charge < -0.3 is 5.32 Å². The van der Waals surface area contributed by atoms with Crippen molar-refractivity contribution in [2.75, 3.05) is 11.1 Å². The second-order valence-electron chi connectivity index (χ2n) is 6.19. The van der Waals surface area contributed by atoms with E-state index in [0.29, 0.717) is 5.03 Å². The van der Waals surface area contributed by atoms with Crippen LogP contribution in [0.15, 0.2) is 59.6 Å². The third-order valence-electron chi connectivity index (χ3n) is 4.04. The molecule has 1 aromatic heterocycles. The Bertz CT molecular complexity index is 1020. The van der Waals surface area contributed by atoms with Crippen LogP contribution >= 0.6 is 11.8 Å². The van der Waals surface area contributed by atoms with Crippen LogP contribution in [0.2, 0.25) is 0 Å². The molecule has 0 saturated heterocycles. The molecule has 1 amide bonds. The number of carbonyl (C=O) groups is 1. The molecule has 0 atom stereocenters. The fourth-order valence-corrected chi connectivity index (χ4v) is 3.23. The third kappa shape index (κ3) is 4.72. The van der Waals surface area contributed by atoms with Gasteiger partial charge >= 0.3 is 0 Å². The number of nitro benzene ring substituents is 1. The molecule has 2 aromatic carbocycles. The molecule has 3 aromatic rings. The number of nitrogens with zero attached hydrogens (tertiary/aromatic N) is 3. The number of carbonyl (C=O) groups excluding carboxylic acids is 1. The molecule has 0 aliphatic carbocycles. The minimum atomic E-state index is -0.528. The van der Waals surface area contributed by atoms with Crippen molar-refractivity contribution in [1.82, 2.24) is 10.2 Å². The Balaban J connectivity index is 1.63. The Morgan fingerprint density at radius 2 is 1.89 bits per heavy atom. The molecule has 0 spiro atoms. The lowest BCUT2D eigenvalue weighted by Crippen LogP contribution is -2.15. The number of hydrogen-bond acceptors (Lipinski definition) is 6. The zero-order valence-corrected chi connectivity index (χ0v) is 16.2. The van der Waals surface area contributed by atoms with Crippen LogP contribution in [0.5, 0.6) is 0 Å². The highest BCUT2D eigenvalue weighted by atomic mass is 32.2. The van der Waals surface area contributed by atoms with E-state index >= 15 is 0 Å². The number of hydrogen-bond donors (Lipinski definition) is 1. The number of para-hydroxylation sites is 2. The van der Waals surface area contributed by atoms with Crippen molar-refractivity contribution >= 4 is 29.0 Å². The first-order valence-electron chi connectivity index (χ1n) is 8.51. The van der Waals surface area contributed by atoms with Crippen LogP contribution in [0.25, 0.3) is 11.3 Å². The van der Waals surface area contributed by atoms with Gasteiger partial charge in [0.15, 0.2) is 0 Å². The summed E-state index contributed by atoms with van der Waals surface area (Å²) >= 11 is 1.22. The number of anilines is 1. The normalized spacial score (nSPS) is 10.5. The van der Waals surface area contributed by atoms with Crippen LogP contribution in [0.4, 0.5) is 11.4 Å². The highest BCUT2D eigenvalue weighted by Gasteiger charge is 2.15. The van der Waals surface area contributed by atoms with E-state index in [1.807, 2.05) is 38.1 Å². The molecule has 0 radical (unpaired) electrons. The number of aryl methyl sites for hydroxylation is 2. The second-order valence-corrected chi connectivity index (χ2v) is 7.18. The molecule has 0 aliphatic heterocycles. The van der Waals surface area contributed by atoms with Crippen molar-refractivity contribution in [3.63, 3.8) is 0 Å². The lowest BCUT2D eigenvalue weighted by molar-refractivity contribution is -0.383. The Hall–Kier alpha value is -3.26. The summed E-state index contributed by atoms with van der Waals surface area (Å²) in [5.74, 6) is -0.275. The number of rotatable bonds is 6. The average molecular weight is 394 g/mol. The first kappa shape index (κ1) is 19.5. The van der Waals surface area contributed by atoms with Gasteiger partial charge in [-0.2, -0.15) is 0 Å². The molecule has 28 heavy (non-hydrogen) atoms. The zero-order chi connectivity index (χ0) is 20.1. The van der Waals surface area contributed by atoms with Gasteiger partial charge in [-0.1, -0.05) is 41.6 Å². The maximum Gasteiger partial charge on any atom is 0.292 e. The number of benzene rings is 2. The largest absolute Gasteiger partial charge is 0.320 e. The fraction of sp³-hybridized carbons (Fsp3) is 0.150. The standard InChI is InChI=1S/C20H18N4O3S/c1-13-7-8-14(2)15(11-13)16-9-10-20(23-22-16)28-12-19(25)21-17-5-3-4-6-18(17)24(26)27/h3-11H,12H2,1-2H3,(H,21,25). The molecule has 0 unspecified atom stereocenters. The van der Waals surface area contributed by atoms with Crippen molar-refractivity contribution in [1.29, 1.82) is 0 Å². The van der Waals surface area contributed by atoms with E-state index in [9.17, 15) is 14.9 Å². The number of aromatic nitrogens is 2. The maximum atomic E-state index is 12.1. The van der Waals surface area contributed by atoms with E-state index in [0.717, 1.165) is 22.4 Å². The molecule has 1 N–H and O–H groups in total. The minimum Gasteiger partial charge on any atom is -0.320 e. The van der Waals surface area contributed by atoms with Gasteiger partial charge in [0.05, 0.1) is 16.4 Å². The molecular formula is C20H18N4O3S. The van der Waals surface area contributed by atoms with Crippen LogP contribution in [-0.2, 0) is 4.79 Å². The highest BCUT2D eigenvalue weighted by Crippen LogP contribution is 2.25. The van der Waals surface area contributed by atoms with Gasteiger partial charge in [0.1, 0.15) is 10.7 Å². The van der Waals surface area contributed by atoms with Crippen LogP contribution in [0.3, 0.4) is 0 Å². The van der Waals surface area contributed by atoms with Crippen molar-refractivity contribution < 1.29 is 9.72 Å². The molecule has 142 valence electrons. The van der Waals surface area contributed by atoms with Gasteiger partial charge in [0.2, 0.25) is 5.91 Å². The number of amides is 1. The van der Waals surface area contributed by atoms with Gasteiger partial charge in [-0.3, -0.25) is 14.9 Å². The molecule has 0 aliphatic rings. The van der Waals surface area contributed by atoms with E-state index in [1.54, 1.807) is 12.1 Å². The predicted molar refractivity (Wildman–Crippen MR) is 109 cm³/mol. The van der Waals surface area contributed by atoms with Gasteiger partial charge in [0.25, 0.3) is 5.69 Å². The second kappa shape index (κ2) is 8.62. The summed E-state index contributed by atoms with van der Waals surface area (Å²) in [5.41, 5.74) is 4.10. The Labute approximate surface area is 166 Å². The van der Waals surface area contributed by atoms with Gasteiger partial charge in [-0.15, -0.1) is 10.2 Å². The summed E-state index contributed by atoms with van der Waals surface area (Å²) in [6.45, 7) is 4.04. The summed E-state index contributed by atoms with van der Waals surface area (Å²) in [5, 5.41) is 22.6. The smallest absolute Gasteiger partial charge is 0.292 e. The van der Waals surface area contributed by atoms with Crippen molar-refractivity contribution in [3.8, 4) is 11.3 Å². The summed E-state index contributed by atoms with van der Waals surface area (Å²) in [7, 11) is 0. The SMILES string of the molecule is Cc1ccc(C)c(-c2ccc(SCC(=O)Nc3ccccc3[N+](=O)[O-])nn2)c1. The molecule has 3 rings (SSSR count). The predicted octanol–water partition coefficient (Wildman–Crippen LogP) is 4.40. The quantitative estimate of drug-likeness (QED) is 0.378. The maximum absolute atomic E-state index is 12.1. The first-order chi connectivity index (χ1) is 13.4. The van der Waals surface area contributed by atoms with Gasteiger partial charge in [-0.05, 0) is 43.7 Å². The number of nitrogens with one attached hydrogen (secondary N) is 1. The molecule has 7 nitrogen and oxygen atoms in total. The van der Waals surface area contributed by atoms with Crippen LogP contribution in [0, 0.1) is 24.0 Å². The zero-order valence-electron chi connectivity index (χ0n) is 15.4. The molecule has 0 fully saturated rings. The van der Waals surface area contributed by atoms with Crippen LogP contribution in [-0.4, -0.2) is 26.8 Å². The first-order valence-corrected chi connectivity index (χ1v) is 9.50. The lowest BCUT2D eigenvalue weighted by atomic mass is 10.0. The average Bonchev–Trinajstić information content (AvgIpc) is 2.69. The van der Waals surface area contributed by atoms with E-state index in [1.165, 1.54) is 23.9 Å². The van der Waals surface area contributed by atoms with Crippen molar-refractivity contribution in [3.05, 3.63) is 75.8 Å². The van der Waals surface area contributed by atoms with Crippen molar-refractivity contribution in [2.24, 2.45) is 0 Å². The Morgan fingerprint density at radius 1 is 1.11 bits per heavy atom. The van der Waals surface area contributed by atoms with E-state index in [-0.39, 0.29) is 23.0 Å². The molecule has 0 bridgehead atoms. The molecular weight excluding hydrogens is 376 g/mol. The Kier molecular flexibility index (Phi) is 6.00. The third-order valence-corrected chi connectivity index (χ3v) is 4.96. The topological polar surface area (TPSA) is 98.0 Å². The van der Waals surface area contributed by atoms with Gasteiger partial charge in [0, 0.05) is 11.6 Å². The summed E-state index contributed by atoms with van der Waals surface area (Å²) in [4.78, 5) is 22.6. The molecule has 1 heterocycles. The summed E-state index contributed by atoms with van der Waals surface area (Å²) in [6, 6.07) is 15.9. The number of thioether (sulfide) groups is 1. The van der Waals surface area contributed by atoms with E-state index in [4.69, 9.17) is 0 Å². The summed E-state index contributed by atoms with van der Waals surface area (Å²) < 4.78 is 0. The fourth-order valence-electron chi connectivity index (χ4n) is 2.62. The van der Waals surface area contributed by atoms with E-state index < -0.39 is 4.92 Å². The van der Waals surface area contributed by atoms with E-state index in [2.05, 4.69) is 21.6 Å². The minimum absolute atomic E-state index is 0.0730. The lowest BCUT2D eigenvalue weighted by Gasteiger charge is -2.07. The molecule has 0 saturated carbocycles.